The van der Waals surface area contributed by atoms with E-state index in [0.717, 1.165) is 12.1 Å². The summed E-state index contributed by atoms with van der Waals surface area (Å²) in [5.74, 6) is 0.556. The van der Waals surface area contributed by atoms with E-state index in [1.165, 1.54) is 5.56 Å². The average Bonchev–Trinajstić information content (AvgIpc) is 2.49. The molecule has 0 aromatic heterocycles. The fourth-order valence-electron chi connectivity index (χ4n) is 2.33. The summed E-state index contributed by atoms with van der Waals surface area (Å²) < 4.78 is 0. The molecule has 0 aliphatic rings. The number of hydrogen-bond donors (Lipinski definition) is 1. The first-order chi connectivity index (χ1) is 10.1. The predicted octanol–water partition coefficient (Wildman–Crippen LogP) is 5.41. The molecule has 3 heteroatoms. The number of nitrogens with zero attached hydrogens (tertiary/aromatic N) is 1. The number of nitriles is 1. The van der Waals surface area contributed by atoms with Crippen molar-refractivity contribution < 1.29 is 0 Å². The Morgan fingerprint density at radius 3 is 2.48 bits per heavy atom. The molecule has 0 amide bonds. The molecule has 108 valence electrons. The van der Waals surface area contributed by atoms with Crippen molar-refractivity contribution in [2.75, 3.05) is 5.32 Å². The number of hydrogen-bond acceptors (Lipinski definition) is 2. The van der Waals surface area contributed by atoms with Crippen molar-refractivity contribution in [1.29, 1.82) is 5.26 Å². The Labute approximate surface area is 131 Å². The molecular weight excluding hydrogens is 280 g/mol. The van der Waals surface area contributed by atoms with Crippen LogP contribution in [0.5, 0.6) is 0 Å². The Morgan fingerprint density at radius 1 is 1.14 bits per heavy atom. The summed E-state index contributed by atoms with van der Waals surface area (Å²) in [6.07, 6.45) is 0.997. The number of benzene rings is 2. The van der Waals surface area contributed by atoms with Crippen molar-refractivity contribution >= 4 is 17.3 Å². The highest BCUT2D eigenvalue weighted by Gasteiger charge is 2.14. The van der Waals surface area contributed by atoms with Crippen LogP contribution in [-0.2, 0) is 0 Å². The van der Waals surface area contributed by atoms with Gasteiger partial charge in [0, 0.05) is 0 Å². The number of nitrogens with one attached hydrogen (secondary N) is 1. The first kappa shape index (κ1) is 15.4. The maximum Gasteiger partial charge on any atom is 0.0992 e. The van der Waals surface area contributed by atoms with Crippen LogP contribution in [-0.4, -0.2) is 0 Å². The zero-order chi connectivity index (χ0) is 15.2. The zero-order valence-electron chi connectivity index (χ0n) is 12.3. The van der Waals surface area contributed by atoms with E-state index in [4.69, 9.17) is 16.9 Å². The Hall–Kier alpha value is -1.98. The lowest BCUT2D eigenvalue weighted by atomic mass is 9.96. The minimum Gasteiger partial charge on any atom is -0.377 e. The highest BCUT2D eigenvalue weighted by atomic mass is 35.5. The first-order valence-corrected chi connectivity index (χ1v) is 7.49. The van der Waals surface area contributed by atoms with Gasteiger partial charge in [-0.2, -0.15) is 5.26 Å². The molecule has 0 saturated carbocycles. The molecule has 2 nitrogen and oxygen atoms in total. The third-order valence-corrected chi connectivity index (χ3v) is 3.66. The van der Waals surface area contributed by atoms with Gasteiger partial charge >= 0.3 is 0 Å². The molecule has 0 heterocycles. The molecule has 0 fully saturated rings. The average molecular weight is 299 g/mol. The molecule has 0 spiro atoms. The van der Waals surface area contributed by atoms with Gasteiger partial charge in [-0.05, 0) is 36.1 Å². The summed E-state index contributed by atoms with van der Waals surface area (Å²) in [6, 6.07) is 17.9. The van der Waals surface area contributed by atoms with Gasteiger partial charge in [0.05, 0.1) is 28.4 Å². The highest BCUT2D eigenvalue weighted by molar-refractivity contribution is 6.33. The van der Waals surface area contributed by atoms with Crippen molar-refractivity contribution in [3.8, 4) is 6.07 Å². The number of halogens is 1. The zero-order valence-corrected chi connectivity index (χ0v) is 13.1. The van der Waals surface area contributed by atoms with Crippen LogP contribution in [0.2, 0.25) is 5.02 Å². The highest BCUT2D eigenvalue weighted by Crippen LogP contribution is 2.30. The van der Waals surface area contributed by atoms with E-state index >= 15 is 0 Å². The largest absolute Gasteiger partial charge is 0.377 e. The van der Waals surface area contributed by atoms with Crippen LogP contribution in [0, 0.1) is 17.2 Å². The Bertz CT molecular complexity index is 629. The van der Waals surface area contributed by atoms with Gasteiger partial charge in [0.25, 0.3) is 0 Å². The Kier molecular flexibility index (Phi) is 5.25. The topological polar surface area (TPSA) is 35.8 Å². The van der Waals surface area contributed by atoms with Crippen LogP contribution in [0.1, 0.15) is 37.4 Å². The van der Waals surface area contributed by atoms with Crippen molar-refractivity contribution in [1.82, 2.24) is 0 Å². The summed E-state index contributed by atoms with van der Waals surface area (Å²) in [5, 5.41) is 13.2. The molecule has 1 unspecified atom stereocenters. The van der Waals surface area contributed by atoms with Crippen LogP contribution in [0.3, 0.4) is 0 Å². The summed E-state index contributed by atoms with van der Waals surface area (Å²) in [4.78, 5) is 0. The van der Waals surface area contributed by atoms with Crippen LogP contribution >= 0.6 is 11.6 Å². The van der Waals surface area contributed by atoms with Crippen molar-refractivity contribution in [2.45, 2.75) is 26.3 Å². The lowest BCUT2D eigenvalue weighted by Gasteiger charge is -2.23. The van der Waals surface area contributed by atoms with Crippen molar-refractivity contribution in [2.24, 2.45) is 5.92 Å². The molecule has 0 aliphatic heterocycles. The van der Waals surface area contributed by atoms with E-state index in [2.05, 4.69) is 37.4 Å². The number of anilines is 1. The molecule has 2 aromatic carbocycles. The molecule has 1 atom stereocenters. The molecular formula is C18H19ClN2. The van der Waals surface area contributed by atoms with E-state index in [1.54, 1.807) is 18.2 Å². The SMILES string of the molecule is CC(C)CC(Nc1cc(C#N)ccc1Cl)c1ccccc1. The van der Waals surface area contributed by atoms with E-state index in [1.807, 2.05) is 18.2 Å². The molecule has 1 N–H and O–H groups in total. The van der Waals surface area contributed by atoms with Crippen molar-refractivity contribution in [3.05, 3.63) is 64.7 Å². The van der Waals surface area contributed by atoms with Gasteiger partial charge in [-0.25, -0.2) is 0 Å². The van der Waals surface area contributed by atoms with Gasteiger partial charge < -0.3 is 5.32 Å². The normalized spacial score (nSPS) is 12.0. The maximum atomic E-state index is 9.03. The fourth-order valence-corrected chi connectivity index (χ4v) is 2.50. The van der Waals surface area contributed by atoms with Gasteiger partial charge in [0.1, 0.15) is 0 Å². The monoisotopic (exact) mass is 298 g/mol. The Balaban J connectivity index is 2.29. The summed E-state index contributed by atoms with van der Waals surface area (Å²) >= 11 is 6.25. The minimum atomic E-state index is 0.178. The van der Waals surface area contributed by atoms with E-state index in [-0.39, 0.29) is 6.04 Å². The molecule has 0 bridgehead atoms. The van der Waals surface area contributed by atoms with E-state index in [0.29, 0.717) is 16.5 Å². The van der Waals surface area contributed by atoms with Crippen LogP contribution in [0.25, 0.3) is 0 Å². The van der Waals surface area contributed by atoms with Crippen LogP contribution < -0.4 is 5.32 Å². The molecule has 2 rings (SSSR count). The second kappa shape index (κ2) is 7.15. The van der Waals surface area contributed by atoms with E-state index in [9.17, 15) is 0 Å². The van der Waals surface area contributed by atoms with Gasteiger partial charge in [-0.15, -0.1) is 0 Å². The van der Waals surface area contributed by atoms with Gasteiger partial charge in [-0.1, -0.05) is 55.8 Å². The minimum absolute atomic E-state index is 0.178. The lowest BCUT2D eigenvalue weighted by molar-refractivity contribution is 0.531. The molecule has 0 aliphatic carbocycles. The fraction of sp³-hybridized carbons (Fsp3) is 0.278. The second-order valence-electron chi connectivity index (χ2n) is 5.54. The second-order valence-corrected chi connectivity index (χ2v) is 5.95. The molecule has 2 aromatic rings. The predicted molar refractivity (Wildman–Crippen MR) is 88.4 cm³/mol. The van der Waals surface area contributed by atoms with Gasteiger partial charge in [0.2, 0.25) is 0 Å². The summed E-state index contributed by atoms with van der Waals surface area (Å²) in [6.45, 7) is 4.40. The maximum absolute atomic E-state index is 9.03. The third-order valence-electron chi connectivity index (χ3n) is 3.33. The third kappa shape index (κ3) is 4.24. The van der Waals surface area contributed by atoms with Gasteiger partial charge in [-0.3, -0.25) is 0 Å². The summed E-state index contributed by atoms with van der Waals surface area (Å²) in [7, 11) is 0. The standard InChI is InChI=1S/C18H19ClN2/c1-13(2)10-17(15-6-4-3-5-7-15)21-18-11-14(12-20)8-9-16(18)19/h3-9,11,13,17,21H,10H2,1-2H3. The first-order valence-electron chi connectivity index (χ1n) is 7.11. The summed E-state index contributed by atoms with van der Waals surface area (Å²) in [5.41, 5.74) is 2.65. The van der Waals surface area contributed by atoms with Gasteiger partial charge in [0.15, 0.2) is 0 Å². The van der Waals surface area contributed by atoms with Crippen LogP contribution in [0.15, 0.2) is 48.5 Å². The molecule has 0 radical (unpaired) electrons. The van der Waals surface area contributed by atoms with Crippen molar-refractivity contribution in [3.63, 3.8) is 0 Å². The Morgan fingerprint density at radius 2 is 1.86 bits per heavy atom. The van der Waals surface area contributed by atoms with Crippen LogP contribution in [0.4, 0.5) is 5.69 Å². The molecule has 21 heavy (non-hydrogen) atoms. The van der Waals surface area contributed by atoms with E-state index < -0.39 is 0 Å². The number of rotatable bonds is 5. The quantitative estimate of drug-likeness (QED) is 0.801. The lowest BCUT2D eigenvalue weighted by Crippen LogP contribution is -2.13. The molecule has 0 saturated heterocycles. The smallest absolute Gasteiger partial charge is 0.0992 e.